The van der Waals surface area contributed by atoms with E-state index in [2.05, 4.69) is 0 Å². The van der Waals surface area contributed by atoms with Crippen LogP contribution in [-0.4, -0.2) is 57.4 Å². The lowest BCUT2D eigenvalue weighted by molar-refractivity contribution is 0.0139. The molecule has 1 fully saturated rings. The second-order valence-corrected chi connectivity index (χ2v) is 5.34. The third-order valence-corrected chi connectivity index (χ3v) is 4.16. The molecular formula is C16H25ClN2O4. The van der Waals surface area contributed by atoms with Crippen LogP contribution in [0.5, 0.6) is 11.5 Å². The highest BCUT2D eigenvalue weighted by atomic mass is 35.5. The van der Waals surface area contributed by atoms with E-state index in [9.17, 15) is 4.79 Å². The number of benzene rings is 1. The van der Waals surface area contributed by atoms with Crippen molar-refractivity contribution in [3.63, 3.8) is 0 Å². The Labute approximate surface area is 143 Å². The van der Waals surface area contributed by atoms with Crippen molar-refractivity contribution in [2.24, 2.45) is 5.73 Å². The molecule has 2 atom stereocenters. The number of amides is 1. The van der Waals surface area contributed by atoms with E-state index in [0.717, 1.165) is 12.8 Å². The van der Waals surface area contributed by atoms with Crippen molar-refractivity contribution >= 4 is 18.3 Å². The van der Waals surface area contributed by atoms with Crippen molar-refractivity contribution in [3.05, 3.63) is 23.8 Å². The third kappa shape index (κ3) is 4.28. The Morgan fingerprint density at radius 3 is 2.52 bits per heavy atom. The zero-order chi connectivity index (χ0) is 16.1. The van der Waals surface area contributed by atoms with Gasteiger partial charge in [-0.1, -0.05) is 0 Å². The van der Waals surface area contributed by atoms with E-state index >= 15 is 0 Å². The summed E-state index contributed by atoms with van der Waals surface area (Å²) >= 11 is 0. The summed E-state index contributed by atoms with van der Waals surface area (Å²) in [5.74, 6) is 1.11. The Balaban J connectivity index is 0.00000264. The molecule has 0 saturated carbocycles. The Morgan fingerprint density at radius 2 is 1.96 bits per heavy atom. The van der Waals surface area contributed by atoms with Gasteiger partial charge in [0, 0.05) is 31.8 Å². The number of hydrogen-bond donors (Lipinski definition) is 1. The molecule has 1 aromatic rings. The first-order chi connectivity index (χ1) is 10.6. The first-order valence-corrected chi connectivity index (χ1v) is 7.40. The van der Waals surface area contributed by atoms with Crippen molar-refractivity contribution in [3.8, 4) is 11.5 Å². The van der Waals surface area contributed by atoms with E-state index in [-0.39, 0.29) is 30.5 Å². The Hall–Kier alpha value is -1.50. The van der Waals surface area contributed by atoms with Crippen molar-refractivity contribution in [1.29, 1.82) is 0 Å². The number of hydrogen-bond acceptors (Lipinski definition) is 5. The lowest BCUT2D eigenvalue weighted by Gasteiger charge is -2.38. The number of likely N-dealkylation sites (tertiary alicyclic amines) is 1. The highest BCUT2D eigenvalue weighted by molar-refractivity contribution is 5.95. The van der Waals surface area contributed by atoms with Gasteiger partial charge in [0.25, 0.3) is 5.91 Å². The summed E-state index contributed by atoms with van der Waals surface area (Å²) in [6, 6.07) is 5.20. The Morgan fingerprint density at radius 1 is 1.26 bits per heavy atom. The molecule has 0 radical (unpaired) electrons. The quantitative estimate of drug-likeness (QED) is 0.880. The van der Waals surface area contributed by atoms with E-state index in [0.29, 0.717) is 30.2 Å². The van der Waals surface area contributed by atoms with E-state index in [1.54, 1.807) is 39.5 Å². The largest absolute Gasteiger partial charge is 0.493 e. The lowest BCUT2D eigenvalue weighted by atomic mass is 9.98. The topological polar surface area (TPSA) is 74.0 Å². The average molecular weight is 345 g/mol. The molecule has 1 amide bonds. The summed E-state index contributed by atoms with van der Waals surface area (Å²) in [7, 11) is 4.82. The fourth-order valence-corrected chi connectivity index (χ4v) is 2.85. The normalized spacial score (nSPS) is 20.6. The van der Waals surface area contributed by atoms with Crippen LogP contribution < -0.4 is 15.2 Å². The summed E-state index contributed by atoms with van der Waals surface area (Å²) < 4.78 is 15.9. The van der Waals surface area contributed by atoms with Gasteiger partial charge < -0.3 is 24.8 Å². The summed E-state index contributed by atoms with van der Waals surface area (Å²) in [5.41, 5.74) is 6.41. The second-order valence-electron chi connectivity index (χ2n) is 5.34. The van der Waals surface area contributed by atoms with E-state index in [1.807, 2.05) is 4.90 Å². The number of rotatable bonds is 5. The number of piperidine rings is 1. The molecule has 1 aromatic carbocycles. The van der Waals surface area contributed by atoms with E-state index in [4.69, 9.17) is 19.9 Å². The fourth-order valence-electron chi connectivity index (χ4n) is 2.85. The number of nitrogens with zero attached hydrogens (tertiary/aromatic N) is 1. The zero-order valence-corrected chi connectivity index (χ0v) is 14.6. The molecule has 1 heterocycles. The maximum atomic E-state index is 12.8. The molecule has 1 aliphatic rings. The lowest BCUT2D eigenvalue weighted by Crippen LogP contribution is -2.51. The first-order valence-electron chi connectivity index (χ1n) is 7.40. The van der Waals surface area contributed by atoms with Crippen molar-refractivity contribution in [2.75, 3.05) is 34.4 Å². The van der Waals surface area contributed by atoms with Crippen LogP contribution in [0.2, 0.25) is 0 Å². The molecular weight excluding hydrogens is 320 g/mol. The molecule has 0 spiro atoms. The molecule has 0 aliphatic carbocycles. The van der Waals surface area contributed by atoms with Crippen molar-refractivity contribution in [1.82, 2.24) is 4.90 Å². The van der Waals surface area contributed by atoms with Crippen LogP contribution in [0.4, 0.5) is 0 Å². The summed E-state index contributed by atoms with van der Waals surface area (Å²) in [5, 5.41) is 0. The van der Waals surface area contributed by atoms with Gasteiger partial charge in [-0.2, -0.15) is 0 Å². The highest BCUT2D eigenvalue weighted by Gasteiger charge is 2.31. The minimum Gasteiger partial charge on any atom is -0.493 e. The minimum absolute atomic E-state index is 0. The van der Waals surface area contributed by atoms with Crippen LogP contribution in [-0.2, 0) is 4.74 Å². The molecule has 2 unspecified atom stereocenters. The predicted octanol–water partition coefficient (Wildman–Crippen LogP) is 1.70. The third-order valence-electron chi connectivity index (χ3n) is 4.16. The average Bonchev–Trinajstić information content (AvgIpc) is 2.59. The smallest absolute Gasteiger partial charge is 0.254 e. The number of methoxy groups -OCH3 is 3. The van der Waals surface area contributed by atoms with Crippen LogP contribution in [0, 0.1) is 0 Å². The standard InChI is InChI=1S/C16H24N2O4.ClH/c1-20-13-6-7-18(12(9-13)10-17)16(19)11-4-5-14(21-2)15(8-11)22-3;/h4-5,8,12-13H,6-7,9-10,17H2,1-3H3;1H. The van der Waals surface area contributed by atoms with Gasteiger partial charge in [-0.3, -0.25) is 4.79 Å². The van der Waals surface area contributed by atoms with Gasteiger partial charge in [0.05, 0.1) is 20.3 Å². The highest BCUT2D eigenvalue weighted by Crippen LogP contribution is 2.29. The van der Waals surface area contributed by atoms with Gasteiger partial charge >= 0.3 is 0 Å². The number of ether oxygens (including phenoxy) is 3. The molecule has 6 nitrogen and oxygen atoms in total. The van der Waals surface area contributed by atoms with Gasteiger partial charge in [0.1, 0.15) is 0 Å². The molecule has 2 N–H and O–H groups in total. The van der Waals surface area contributed by atoms with Gasteiger partial charge in [-0.05, 0) is 31.0 Å². The Kier molecular flexibility index (Phi) is 7.61. The molecule has 0 bridgehead atoms. The predicted molar refractivity (Wildman–Crippen MR) is 90.7 cm³/mol. The molecule has 1 saturated heterocycles. The molecule has 23 heavy (non-hydrogen) atoms. The molecule has 130 valence electrons. The molecule has 1 aliphatic heterocycles. The zero-order valence-electron chi connectivity index (χ0n) is 13.8. The van der Waals surface area contributed by atoms with Crippen LogP contribution in [0.1, 0.15) is 23.2 Å². The van der Waals surface area contributed by atoms with Gasteiger partial charge in [-0.25, -0.2) is 0 Å². The fraction of sp³-hybridized carbons (Fsp3) is 0.562. The molecule has 0 aromatic heterocycles. The van der Waals surface area contributed by atoms with Crippen LogP contribution in [0.25, 0.3) is 0 Å². The SMILES string of the molecule is COc1ccc(C(=O)N2CCC(OC)CC2CN)cc1OC.Cl. The van der Waals surface area contributed by atoms with Gasteiger partial charge in [0.15, 0.2) is 11.5 Å². The number of carbonyl (C=O) groups is 1. The maximum Gasteiger partial charge on any atom is 0.254 e. The minimum atomic E-state index is -0.0362. The van der Waals surface area contributed by atoms with Crippen LogP contribution >= 0.6 is 12.4 Å². The summed E-state index contributed by atoms with van der Waals surface area (Å²) in [6.45, 7) is 1.08. The Bertz CT molecular complexity index is 527. The monoisotopic (exact) mass is 344 g/mol. The summed E-state index contributed by atoms with van der Waals surface area (Å²) in [4.78, 5) is 14.6. The van der Waals surface area contributed by atoms with Crippen molar-refractivity contribution < 1.29 is 19.0 Å². The van der Waals surface area contributed by atoms with Crippen LogP contribution in [0.15, 0.2) is 18.2 Å². The first kappa shape index (κ1) is 19.5. The molecule has 7 heteroatoms. The number of nitrogens with two attached hydrogens (primary N) is 1. The van der Waals surface area contributed by atoms with Gasteiger partial charge in [0.2, 0.25) is 0 Å². The van der Waals surface area contributed by atoms with E-state index < -0.39 is 0 Å². The second kappa shape index (κ2) is 8.96. The van der Waals surface area contributed by atoms with E-state index in [1.165, 1.54) is 0 Å². The number of carbonyl (C=O) groups excluding carboxylic acids is 1. The van der Waals surface area contributed by atoms with Crippen molar-refractivity contribution in [2.45, 2.75) is 25.0 Å². The van der Waals surface area contributed by atoms with Crippen LogP contribution in [0.3, 0.4) is 0 Å². The maximum absolute atomic E-state index is 12.8. The summed E-state index contributed by atoms with van der Waals surface area (Å²) in [6.07, 6.45) is 1.76. The molecule has 2 rings (SSSR count). The number of halogens is 1. The van der Waals surface area contributed by atoms with Gasteiger partial charge in [-0.15, -0.1) is 12.4 Å².